The van der Waals surface area contributed by atoms with Gasteiger partial charge in [0.2, 0.25) is 0 Å². The number of allylic oxidation sites excluding steroid dienone is 1. The first-order chi connectivity index (χ1) is 13.9. The Bertz CT molecular complexity index is 1290. The number of hydrogen-bond acceptors (Lipinski definition) is 7. The molecule has 4 heterocycles. The highest BCUT2D eigenvalue weighted by Gasteiger charge is 2.33. The number of thiazole rings is 1. The average Bonchev–Trinajstić information content (AvgIpc) is 3.39. The molecule has 0 amide bonds. The molecule has 7 nitrogen and oxygen atoms in total. The SMILES string of the molecule is CCOC(=O)C1=C(C)N=c2s/c(=C/c3cnn(C)c3C)c(=O)n2[C@H]1c1cccs1. The summed E-state index contributed by atoms with van der Waals surface area (Å²) >= 11 is 2.82. The van der Waals surface area contributed by atoms with Crippen LogP contribution in [0.5, 0.6) is 0 Å². The summed E-state index contributed by atoms with van der Waals surface area (Å²) in [4.78, 5) is 32.1. The van der Waals surface area contributed by atoms with Crippen LogP contribution in [-0.4, -0.2) is 26.9 Å². The van der Waals surface area contributed by atoms with Gasteiger partial charge in [0, 0.05) is 23.2 Å². The van der Waals surface area contributed by atoms with Crippen molar-refractivity contribution in [3.63, 3.8) is 0 Å². The molecule has 0 bridgehead atoms. The standard InChI is InChI=1S/C20H20N4O3S2/c1-5-27-19(26)16-11(2)22-20-24(17(16)14-7-6-8-28-14)18(25)15(29-20)9-13-10-21-23(4)12(13)3/h6-10,17H,5H2,1-4H3/b15-9+/t17-/m0/s1. The van der Waals surface area contributed by atoms with Crippen molar-refractivity contribution < 1.29 is 9.53 Å². The van der Waals surface area contributed by atoms with Crippen LogP contribution in [0.25, 0.3) is 6.08 Å². The van der Waals surface area contributed by atoms with Crippen LogP contribution in [0, 0.1) is 6.92 Å². The zero-order valence-electron chi connectivity index (χ0n) is 16.5. The minimum Gasteiger partial charge on any atom is -0.463 e. The molecule has 9 heteroatoms. The largest absolute Gasteiger partial charge is 0.463 e. The first-order valence-electron chi connectivity index (χ1n) is 9.14. The van der Waals surface area contributed by atoms with Gasteiger partial charge in [0.25, 0.3) is 5.56 Å². The van der Waals surface area contributed by atoms with Gasteiger partial charge in [-0.05, 0) is 38.3 Å². The molecule has 1 atom stereocenters. The fraction of sp³-hybridized carbons (Fsp3) is 0.300. The number of ether oxygens (including phenoxy) is 1. The van der Waals surface area contributed by atoms with E-state index in [1.807, 2.05) is 37.6 Å². The molecular weight excluding hydrogens is 408 g/mol. The smallest absolute Gasteiger partial charge is 0.338 e. The maximum atomic E-state index is 13.4. The monoisotopic (exact) mass is 428 g/mol. The molecule has 0 fully saturated rings. The Labute approximate surface area is 174 Å². The molecule has 0 N–H and O–H groups in total. The number of carbonyl (C=O) groups is 1. The molecular formula is C20H20N4O3S2. The van der Waals surface area contributed by atoms with Gasteiger partial charge in [0.1, 0.15) is 6.04 Å². The Kier molecular flexibility index (Phi) is 5.10. The number of aromatic nitrogens is 3. The summed E-state index contributed by atoms with van der Waals surface area (Å²) in [6, 6.07) is 3.30. The Hall–Kier alpha value is -2.78. The van der Waals surface area contributed by atoms with E-state index in [4.69, 9.17) is 4.74 Å². The lowest BCUT2D eigenvalue weighted by Crippen LogP contribution is -2.39. The fourth-order valence-corrected chi connectivity index (χ4v) is 5.17. The normalized spacial score (nSPS) is 16.7. The summed E-state index contributed by atoms with van der Waals surface area (Å²) in [7, 11) is 1.86. The Morgan fingerprint density at radius 2 is 2.17 bits per heavy atom. The van der Waals surface area contributed by atoms with Gasteiger partial charge in [-0.2, -0.15) is 5.10 Å². The summed E-state index contributed by atoms with van der Waals surface area (Å²) in [5.74, 6) is -0.440. The summed E-state index contributed by atoms with van der Waals surface area (Å²) in [6.45, 7) is 5.76. The van der Waals surface area contributed by atoms with Crippen LogP contribution >= 0.6 is 22.7 Å². The van der Waals surface area contributed by atoms with Crippen LogP contribution in [-0.2, 0) is 16.6 Å². The van der Waals surface area contributed by atoms with Crippen molar-refractivity contribution in [1.29, 1.82) is 0 Å². The maximum absolute atomic E-state index is 13.4. The summed E-state index contributed by atoms with van der Waals surface area (Å²) in [6.07, 6.45) is 3.57. The van der Waals surface area contributed by atoms with E-state index >= 15 is 0 Å². The molecule has 0 radical (unpaired) electrons. The molecule has 3 aromatic rings. The topological polar surface area (TPSA) is 78.5 Å². The predicted molar refractivity (Wildman–Crippen MR) is 113 cm³/mol. The number of carbonyl (C=O) groups excluding carboxylic acids is 1. The fourth-order valence-electron chi connectivity index (χ4n) is 3.31. The summed E-state index contributed by atoms with van der Waals surface area (Å²) in [5.41, 5.74) is 2.66. The highest BCUT2D eigenvalue weighted by molar-refractivity contribution is 7.10. The molecule has 3 aromatic heterocycles. The first-order valence-corrected chi connectivity index (χ1v) is 10.8. The molecule has 1 aliphatic heterocycles. The molecule has 4 rings (SSSR count). The number of nitrogens with zero attached hydrogens (tertiary/aromatic N) is 4. The third-order valence-electron chi connectivity index (χ3n) is 4.89. The van der Waals surface area contributed by atoms with E-state index in [0.717, 1.165) is 16.1 Å². The lowest BCUT2D eigenvalue weighted by Gasteiger charge is -2.23. The molecule has 0 aromatic carbocycles. The van der Waals surface area contributed by atoms with Crippen molar-refractivity contribution in [1.82, 2.24) is 14.3 Å². The van der Waals surface area contributed by atoms with Gasteiger partial charge < -0.3 is 4.74 Å². The first kappa shape index (κ1) is 19.5. The number of aryl methyl sites for hydroxylation is 1. The van der Waals surface area contributed by atoms with Gasteiger partial charge in [0.05, 0.1) is 28.6 Å². The highest BCUT2D eigenvalue weighted by Crippen LogP contribution is 2.33. The number of rotatable bonds is 4. The predicted octanol–water partition coefficient (Wildman–Crippen LogP) is 1.90. The Balaban J connectivity index is 1.96. The van der Waals surface area contributed by atoms with E-state index < -0.39 is 12.0 Å². The van der Waals surface area contributed by atoms with Crippen molar-refractivity contribution in [3.8, 4) is 0 Å². The summed E-state index contributed by atoms with van der Waals surface area (Å²) in [5, 5.41) is 6.17. The quantitative estimate of drug-likeness (QED) is 0.595. The van der Waals surface area contributed by atoms with E-state index in [2.05, 4.69) is 10.1 Å². The zero-order valence-corrected chi connectivity index (χ0v) is 18.1. The van der Waals surface area contributed by atoms with E-state index in [-0.39, 0.29) is 12.2 Å². The minimum atomic E-state index is -0.539. The number of fused-ring (bicyclic) bond motifs is 1. The van der Waals surface area contributed by atoms with Gasteiger partial charge in [0.15, 0.2) is 4.80 Å². The molecule has 29 heavy (non-hydrogen) atoms. The number of hydrogen-bond donors (Lipinski definition) is 0. The van der Waals surface area contributed by atoms with Gasteiger partial charge in [-0.25, -0.2) is 9.79 Å². The third-order valence-corrected chi connectivity index (χ3v) is 6.80. The van der Waals surface area contributed by atoms with Crippen LogP contribution in [0.1, 0.15) is 36.0 Å². The van der Waals surface area contributed by atoms with E-state index in [9.17, 15) is 9.59 Å². The van der Waals surface area contributed by atoms with Crippen molar-refractivity contribution in [3.05, 3.63) is 70.8 Å². The van der Waals surface area contributed by atoms with Crippen LogP contribution in [0.2, 0.25) is 0 Å². The lowest BCUT2D eigenvalue weighted by atomic mass is 10.0. The van der Waals surface area contributed by atoms with Crippen LogP contribution in [0.3, 0.4) is 0 Å². The second-order valence-corrected chi connectivity index (χ2v) is 8.61. The number of thiophene rings is 1. The van der Waals surface area contributed by atoms with Crippen LogP contribution < -0.4 is 14.9 Å². The Morgan fingerprint density at radius 3 is 2.79 bits per heavy atom. The Morgan fingerprint density at radius 1 is 1.38 bits per heavy atom. The summed E-state index contributed by atoms with van der Waals surface area (Å²) < 4.78 is 9.20. The van der Waals surface area contributed by atoms with Crippen molar-refractivity contribution in [2.45, 2.75) is 26.8 Å². The zero-order chi connectivity index (χ0) is 20.7. The van der Waals surface area contributed by atoms with E-state index in [1.54, 1.807) is 29.3 Å². The van der Waals surface area contributed by atoms with Crippen LogP contribution in [0.15, 0.2) is 44.8 Å². The highest BCUT2D eigenvalue weighted by atomic mass is 32.1. The molecule has 0 aliphatic carbocycles. The minimum absolute atomic E-state index is 0.176. The van der Waals surface area contributed by atoms with Gasteiger partial charge in [-0.15, -0.1) is 11.3 Å². The van der Waals surface area contributed by atoms with Gasteiger partial charge >= 0.3 is 5.97 Å². The molecule has 0 saturated carbocycles. The van der Waals surface area contributed by atoms with E-state index in [1.165, 1.54) is 22.7 Å². The third kappa shape index (κ3) is 3.30. The van der Waals surface area contributed by atoms with Crippen molar-refractivity contribution in [2.75, 3.05) is 6.61 Å². The number of esters is 1. The van der Waals surface area contributed by atoms with Crippen molar-refractivity contribution >= 4 is 34.7 Å². The second kappa shape index (κ2) is 7.57. The molecule has 1 aliphatic rings. The molecule has 150 valence electrons. The lowest BCUT2D eigenvalue weighted by molar-refractivity contribution is -0.139. The maximum Gasteiger partial charge on any atom is 0.338 e. The van der Waals surface area contributed by atoms with Crippen LogP contribution in [0.4, 0.5) is 0 Å². The second-order valence-electron chi connectivity index (χ2n) is 6.63. The molecule has 0 saturated heterocycles. The van der Waals surface area contributed by atoms with Crippen molar-refractivity contribution in [2.24, 2.45) is 12.0 Å². The van der Waals surface area contributed by atoms with Gasteiger partial charge in [-0.3, -0.25) is 14.0 Å². The molecule has 0 spiro atoms. The van der Waals surface area contributed by atoms with Gasteiger partial charge in [-0.1, -0.05) is 17.4 Å². The van der Waals surface area contributed by atoms with E-state index in [0.29, 0.717) is 20.6 Å². The average molecular weight is 429 g/mol. The molecule has 0 unspecified atom stereocenters.